The maximum atomic E-state index is 8.42. The first-order valence-electron chi connectivity index (χ1n) is 4.00. The number of allylic oxidation sites excluding steroid dienone is 4. The van der Waals surface area contributed by atoms with Crippen molar-refractivity contribution in [2.75, 3.05) is 0 Å². The highest BCUT2D eigenvalue weighted by molar-refractivity contribution is 6.23. The first kappa shape index (κ1) is 9.88. The number of aliphatic imine (C=N–C) groups is 2. The molecule has 0 radical (unpaired) electrons. The molecular weight excluding hydrogens is 176 g/mol. The maximum Gasteiger partial charge on any atom is 0.206 e. The van der Waals surface area contributed by atoms with Crippen molar-refractivity contribution in [1.29, 1.82) is 10.5 Å². The fourth-order valence-corrected chi connectivity index (χ4v) is 1.14. The third kappa shape index (κ3) is 1.75. The Bertz CT molecular complexity index is 407. The molecular formula is C10H8N4. The SMILES string of the molecule is CC1=C(C)C(=NC#N)C=CC1=NC#N. The molecule has 0 saturated heterocycles. The van der Waals surface area contributed by atoms with Crippen LogP contribution in [0, 0.1) is 22.9 Å². The van der Waals surface area contributed by atoms with Gasteiger partial charge in [0.15, 0.2) is 0 Å². The predicted molar refractivity (Wildman–Crippen MR) is 53.6 cm³/mol. The van der Waals surface area contributed by atoms with Crippen LogP contribution in [0.2, 0.25) is 0 Å². The number of hydrogen-bond donors (Lipinski definition) is 0. The van der Waals surface area contributed by atoms with Crippen LogP contribution in [0.3, 0.4) is 0 Å². The number of nitrogens with zero attached hydrogens (tertiary/aromatic N) is 4. The molecule has 1 aliphatic rings. The quantitative estimate of drug-likeness (QED) is 0.425. The van der Waals surface area contributed by atoms with Gasteiger partial charge in [0.1, 0.15) is 0 Å². The summed E-state index contributed by atoms with van der Waals surface area (Å²) in [5, 5.41) is 16.8. The van der Waals surface area contributed by atoms with Gasteiger partial charge in [-0.15, -0.1) is 0 Å². The van der Waals surface area contributed by atoms with Gasteiger partial charge in [-0.25, -0.2) is 0 Å². The molecule has 68 valence electrons. The standard InChI is InChI=1S/C10H8N4/c1-7-8(2)10(14-6-12)4-3-9(7)13-5-11/h3-4H,1-2H3. The van der Waals surface area contributed by atoms with Gasteiger partial charge in [0, 0.05) is 0 Å². The Balaban J connectivity index is 3.21. The van der Waals surface area contributed by atoms with Crippen molar-refractivity contribution in [2.24, 2.45) is 9.98 Å². The summed E-state index contributed by atoms with van der Waals surface area (Å²) in [6.07, 6.45) is 6.83. The van der Waals surface area contributed by atoms with Crippen LogP contribution in [0.25, 0.3) is 0 Å². The summed E-state index contributed by atoms with van der Waals surface area (Å²) in [6.45, 7) is 3.70. The molecule has 4 heteroatoms. The molecule has 0 aromatic rings. The molecule has 0 unspecified atom stereocenters. The number of rotatable bonds is 0. The van der Waals surface area contributed by atoms with Crippen molar-refractivity contribution in [1.82, 2.24) is 0 Å². The van der Waals surface area contributed by atoms with Crippen molar-refractivity contribution >= 4 is 11.4 Å². The third-order valence-corrected chi connectivity index (χ3v) is 2.07. The van der Waals surface area contributed by atoms with E-state index in [9.17, 15) is 0 Å². The minimum Gasteiger partial charge on any atom is -0.173 e. The molecule has 0 heterocycles. The van der Waals surface area contributed by atoms with E-state index in [1.54, 1.807) is 24.5 Å². The van der Waals surface area contributed by atoms with Gasteiger partial charge >= 0.3 is 0 Å². The molecule has 0 aromatic carbocycles. The fourth-order valence-electron chi connectivity index (χ4n) is 1.14. The van der Waals surface area contributed by atoms with E-state index in [0.29, 0.717) is 11.4 Å². The average Bonchev–Trinajstić information content (AvgIpc) is 2.18. The summed E-state index contributed by atoms with van der Waals surface area (Å²) < 4.78 is 0. The molecule has 1 aliphatic carbocycles. The zero-order valence-corrected chi connectivity index (χ0v) is 7.94. The highest BCUT2D eigenvalue weighted by Crippen LogP contribution is 2.15. The summed E-state index contributed by atoms with van der Waals surface area (Å²) in [4.78, 5) is 7.30. The monoisotopic (exact) mass is 184 g/mol. The van der Waals surface area contributed by atoms with Crippen LogP contribution in [-0.4, -0.2) is 11.4 Å². The summed E-state index contributed by atoms with van der Waals surface area (Å²) in [5.74, 6) is 0. The molecule has 0 bridgehead atoms. The molecule has 0 amide bonds. The lowest BCUT2D eigenvalue weighted by molar-refractivity contribution is 1.37. The van der Waals surface area contributed by atoms with Gasteiger partial charge in [-0.05, 0) is 37.1 Å². The molecule has 0 N–H and O–H groups in total. The van der Waals surface area contributed by atoms with Gasteiger partial charge in [0.2, 0.25) is 12.4 Å². The van der Waals surface area contributed by atoms with Gasteiger partial charge in [0.05, 0.1) is 11.4 Å². The Morgan fingerprint density at radius 2 is 1.29 bits per heavy atom. The predicted octanol–water partition coefficient (Wildman–Crippen LogP) is 1.74. The minimum absolute atomic E-state index is 0.627. The number of hydrogen-bond acceptors (Lipinski definition) is 4. The molecule has 0 fully saturated rings. The molecule has 14 heavy (non-hydrogen) atoms. The Morgan fingerprint density at radius 3 is 1.57 bits per heavy atom. The summed E-state index contributed by atoms with van der Waals surface area (Å²) in [5.41, 5.74) is 3.01. The van der Waals surface area contributed by atoms with Crippen molar-refractivity contribution in [3.8, 4) is 12.4 Å². The Labute approximate surface area is 82.2 Å². The van der Waals surface area contributed by atoms with E-state index in [4.69, 9.17) is 10.5 Å². The van der Waals surface area contributed by atoms with E-state index in [-0.39, 0.29) is 0 Å². The van der Waals surface area contributed by atoms with Gasteiger partial charge in [-0.2, -0.15) is 20.5 Å². The molecule has 4 nitrogen and oxygen atoms in total. The smallest absolute Gasteiger partial charge is 0.173 e. The van der Waals surface area contributed by atoms with Crippen molar-refractivity contribution in [3.63, 3.8) is 0 Å². The van der Waals surface area contributed by atoms with Crippen LogP contribution in [-0.2, 0) is 0 Å². The van der Waals surface area contributed by atoms with Gasteiger partial charge in [-0.1, -0.05) is 0 Å². The summed E-state index contributed by atoms with van der Waals surface area (Å²) in [7, 11) is 0. The van der Waals surface area contributed by atoms with E-state index >= 15 is 0 Å². The lowest BCUT2D eigenvalue weighted by atomic mass is 9.96. The second-order valence-corrected chi connectivity index (χ2v) is 2.78. The van der Waals surface area contributed by atoms with Gasteiger partial charge < -0.3 is 0 Å². The highest BCUT2D eigenvalue weighted by atomic mass is 14.8. The summed E-state index contributed by atoms with van der Waals surface area (Å²) in [6, 6.07) is 0. The zero-order chi connectivity index (χ0) is 10.6. The minimum atomic E-state index is 0.627. The second-order valence-electron chi connectivity index (χ2n) is 2.78. The summed E-state index contributed by atoms with van der Waals surface area (Å²) >= 11 is 0. The Hall–Kier alpha value is -2.20. The average molecular weight is 184 g/mol. The molecule has 1 rings (SSSR count). The van der Waals surface area contributed by atoms with Crippen LogP contribution >= 0.6 is 0 Å². The first-order valence-corrected chi connectivity index (χ1v) is 4.00. The van der Waals surface area contributed by atoms with Crippen LogP contribution in [0.4, 0.5) is 0 Å². The molecule has 0 atom stereocenters. The second kappa shape index (κ2) is 4.15. The molecule has 0 aliphatic heterocycles. The normalized spacial score (nSPS) is 21.1. The number of nitriles is 2. The van der Waals surface area contributed by atoms with E-state index in [1.807, 2.05) is 13.8 Å². The van der Waals surface area contributed by atoms with Gasteiger partial charge in [0.25, 0.3) is 0 Å². The molecule has 0 aromatic heterocycles. The fraction of sp³-hybridized carbons (Fsp3) is 0.200. The molecule has 0 spiro atoms. The van der Waals surface area contributed by atoms with Gasteiger partial charge in [-0.3, -0.25) is 0 Å². The zero-order valence-electron chi connectivity index (χ0n) is 7.94. The van der Waals surface area contributed by atoms with Crippen molar-refractivity contribution in [2.45, 2.75) is 13.8 Å². The van der Waals surface area contributed by atoms with Crippen molar-refractivity contribution < 1.29 is 0 Å². The van der Waals surface area contributed by atoms with Crippen LogP contribution in [0.1, 0.15) is 13.8 Å². The topological polar surface area (TPSA) is 72.3 Å². The molecule has 0 saturated carbocycles. The van der Waals surface area contributed by atoms with E-state index in [1.165, 1.54) is 0 Å². The lowest BCUT2D eigenvalue weighted by Gasteiger charge is -2.11. The van der Waals surface area contributed by atoms with E-state index in [0.717, 1.165) is 11.1 Å². The van der Waals surface area contributed by atoms with Crippen LogP contribution < -0.4 is 0 Å². The first-order chi connectivity index (χ1) is 6.70. The van der Waals surface area contributed by atoms with Crippen LogP contribution in [0.5, 0.6) is 0 Å². The van der Waals surface area contributed by atoms with E-state index < -0.39 is 0 Å². The largest absolute Gasteiger partial charge is 0.206 e. The van der Waals surface area contributed by atoms with Crippen molar-refractivity contribution in [3.05, 3.63) is 23.3 Å². The van der Waals surface area contributed by atoms with Crippen LogP contribution in [0.15, 0.2) is 33.3 Å². The highest BCUT2D eigenvalue weighted by Gasteiger charge is 2.12. The Morgan fingerprint density at radius 1 is 0.929 bits per heavy atom. The maximum absolute atomic E-state index is 8.42. The Kier molecular flexibility index (Phi) is 2.93. The third-order valence-electron chi connectivity index (χ3n) is 2.07. The van der Waals surface area contributed by atoms with E-state index in [2.05, 4.69) is 9.98 Å². The lowest BCUT2D eigenvalue weighted by Crippen LogP contribution is -2.10.